The predicted molar refractivity (Wildman–Crippen MR) is 327 cm³/mol. The fourth-order valence-electron chi connectivity index (χ4n) is 18.8. The highest BCUT2D eigenvalue weighted by Crippen LogP contribution is 2.69. The minimum absolute atomic E-state index is 0.0963. The lowest BCUT2D eigenvalue weighted by atomic mass is 9.65. The SMILES string of the molecule is CC1(C)c2ccccc2N(C2CC(N3c4ccccc4C(C)(C)c4ccccc43)C3C(=O)C4C5C(C(=N)C2C35)C(N2c3ccccc3C(C)(C)c3ccccc32)CC4N2c3ccccc3C(C)(C)c3ccccc32)c2ccccc21. The highest BCUT2D eigenvalue weighted by Gasteiger charge is 2.73. The Morgan fingerprint density at radius 2 is 0.475 bits per heavy atom. The lowest BCUT2D eigenvalue weighted by Gasteiger charge is -2.55. The van der Waals surface area contributed by atoms with Gasteiger partial charge in [-0.2, -0.15) is 0 Å². The van der Waals surface area contributed by atoms with Gasteiger partial charge >= 0.3 is 0 Å². The van der Waals surface area contributed by atoms with Crippen LogP contribution in [0.2, 0.25) is 0 Å². The van der Waals surface area contributed by atoms with E-state index in [9.17, 15) is 5.41 Å². The van der Waals surface area contributed by atoms with E-state index in [0.29, 0.717) is 18.6 Å². The number of Topliss-reactive ketones (excluding diaryl/α,β-unsaturated/α-hetero) is 1. The third-order valence-corrected chi connectivity index (χ3v) is 22.1. The predicted octanol–water partition coefficient (Wildman–Crippen LogP) is 16.5. The van der Waals surface area contributed by atoms with E-state index >= 15 is 4.79 Å². The van der Waals surface area contributed by atoms with Gasteiger partial charge in [-0.3, -0.25) is 4.79 Å². The van der Waals surface area contributed by atoms with Crippen LogP contribution in [0.25, 0.3) is 0 Å². The molecule has 10 unspecified atom stereocenters. The van der Waals surface area contributed by atoms with Gasteiger partial charge in [0.25, 0.3) is 0 Å². The Kier molecular flexibility index (Phi) is 9.92. The van der Waals surface area contributed by atoms with Crippen LogP contribution in [-0.2, 0) is 26.5 Å². The van der Waals surface area contributed by atoms with Crippen LogP contribution in [0.1, 0.15) is 113 Å². The molecule has 1 N–H and O–H groups in total. The molecule has 8 aromatic rings. The molecule has 8 aliphatic rings. The summed E-state index contributed by atoms with van der Waals surface area (Å²) in [6, 6.07) is 72.2. The van der Waals surface area contributed by atoms with Crippen molar-refractivity contribution in [3.63, 3.8) is 0 Å². The Hall–Kier alpha value is -7.70. The maximum atomic E-state index is 17.4. The molecular formula is C74H71N5O. The number of anilines is 8. The van der Waals surface area contributed by atoms with Crippen molar-refractivity contribution in [3.8, 4) is 0 Å². The van der Waals surface area contributed by atoms with Crippen LogP contribution in [-0.4, -0.2) is 35.7 Å². The average Bonchev–Trinajstić information content (AvgIpc) is 4.15. The fraction of sp³-hybridized carbons (Fsp3) is 0.324. The van der Waals surface area contributed by atoms with Crippen molar-refractivity contribution in [1.29, 1.82) is 5.41 Å². The van der Waals surface area contributed by atoms with Crippen molar-refractivity contribution >= 4 is 57.0 Å². The molecule has 4 aliphatic heterocycles. The van der Waals surface area contributed by atoms with Gasteiger partial charge in [-0.1, -0.05) is 201 Å². The van der Waals surface area contributed by atoms with E-state index in [1.807, 2.05) is 0 Å². The number of carbonyl (C=O) groups excluding carboxylic acids is 1. The van der Waals surface area contributed by atoms with Crippen molar-refractivity contribution in [2.24, 2.45) is 35.5 Å². The van der Waals surface area contributed by atoms with E-state index in [-0.39, 0.29) is 81.3 Å². The molecule has 4 heterocycles. The second kappa shape index (κ2) is 16.5. The first-order valence-corrected chi connectivity index (χ1v) is 29.7. The van der Waals surface area contributed by atoms with Gasteiger partial charge in [0, 0.05) is 121 Å². The van der Waals surface area contributed by atoms with Gasteiger partial charge in [0.2, 0.25) is 0 Å². The maximum absolute atomic E-state index is 17.4. The van der Waals surface area contributed by atoms with Gasteiger partial charge in [-0.25, -0.2) is 0 Å². The second-order valence-electron chi connectivity index (χ2n) is 27.0. The van der Waals surface area contributed by atoms with Crippen LogP contribution in [0.5, 0.6) is 0 Å². The summed E-state index contributed by atoms with van der Waals surface area (Å²) in [5.74, 6) is -0.849. The molecule has 6 nitrogen and oxygen atoms in total. The quantitative estimate of drug-likeness (QED) is 0.190. The number of rotatable bonds is 4. The van der Waals surface area contributed by atoms with Crippen molar-refractivity contribution in [1.82, 2.24) is 0 Å². The smallest absolute Gasteiger partial charge is 0.143 e. The first-order chi connectivity index (χ1) is 38.6. The molecule has 6 heteroatoms. The average molecular weight is 1050 g/mol. The zero-order valence-corrected chi connectivity index (χ0v) is 47.4. The number of hydrogen-bond donors (Lipinski definition) is 1. The number of fused-ring (bicyclic) bond motifs is 8. The summed E-state index contributed by atoms with van der Waals surface area (Å²) in [4.78, 5) is 28.2. The second-order valence-corrected chi connectivity index (χ2v) is 27.0. The molecule has 0 aromatic heterocycles. The number of nitrogens with one attached hydrogen (secondary N) is 1. The molecule has 8 aromatic carbocycles. The van der Waals surface area contributed by atoms with E-state index in [2.05, 4.69) is 269 Å². The third-order valence-electron chi connectivity index (χ3n) is 22.1. The number of benzene rings is 8. The minimum atomic E-state index is -0.335. The van der Waals surface area contributed by atoms with Crippen LogP contribution >= 0.6 is 0 Å². The molecule has 398 valence electrons. The summed E-state index contributed by atoms with van der Waals surface area (Å²) in [7, 11) is 0. The molecule has 4 saturated carbocycles. The summed E-state index contributed by atoms with van der Waals surface area (Å²) < 4.78 is 0. The highest BCUT2D eigenvalue weighted by molar-refractivity contribution is 6.01. The number of nitrogens with zero attached hydrogens (tertiary/aromatic N) is 4. The van der Waals surface area contributed by atoms with Gasteiger partial charge in [0.15, 0.2) is 0 Å². The minimum Gasteiger partial charge on any atom is -0.337 e. The van der Waals surface area contributed by atoms with Crippen molar-refractivity contribution in [2.75, 3.05) is 19.6 Å². The molecule has 0 bridgehead atoms. The summed E-state index contributed by atoms with van der Waals surface area (Å²) >= 11 is 0. The molecule has 0 radical (unpaired) electrons. The van der Waals surface area contributed by atoms with Gasteiger partial charge in [-0.05, 0) is 118 Å². The number of hydrogen-bond acceptors (Lipinski definition) is 6. The van der Waals surface area contributed by atoms with Gasteiger partial charge in [0.1, 0.15) is 5.78 Å². The molecular weight excluding hydrogens is 975 g/mol. The number of carbonyl (C=O) groups is 1. The lowest BCUT2D eigenvalue weighted by Crippen LogP contribution is -2.60. The Bertz CT molecular complexity index is 3240. The van der Waals surface area contributed by atoms with Crippen molar-refractivity contribution in [2.45, 2.75) is 114 Å². The standard InChI is InChI=1S/C74H71N5O/c1-71(2)43-25-9-17-33-51(43)76(52-34-18-10-26-44(52)71)59-41-61(78-55-37-21-13-29-47(55)73(5,6)48-30-14-22-38-56(48)78)65-67-63(59)69(75)64-60(77-53-35-19-11-27-45(53)72(3,4)46-28-12-20-36-54(46)77)42-62(66(68(64)67)70(65)80)79-57-39-23-15-31-49(57)74(7,8)50-32-16-24-40-58(50)79/h9-40,59-68,75H,41-42H2,1-8H3. The molecule has 0 amide bonds. The number of ketones is 1. The van der Waals surface area contributed by atoms with E-state index in [0.717, 1.165) is 5.71 Å². The van der Waals surface area contributed by atoms with Gasteiger partial charge < -0.3 is 25.0 Å². The largest absolute Gasteiger partial charge is 0.337 e. The summed E-state index contributed by atoms with van der Waals surface area (Å²) in [5, 5.41) is 11.5. The Balaban J connectivity index is 0.981. The first-order valence-electron chi connectivity index (χ1n) is 29.7. The van der Waals surface area contributed by atoms with E-state index < -0.39 is 0 Å². The first kappa shape index (κ1) is 48.2. The van der Waals surface area contributed by atoms with E-state index in [4.69, 9.17) is 0 Å². The normalized spacial score (nSPS) is 28.8. The van der Waals surface area contributed by atoms with Crippen LogP contribution in [0.15, 0.2) is 194 Å². The zero-order chi connectivity index (χ0) is 54.5. The lowest BCUT2D eigenvalue weighted by molar-refractivity contribution is -0.127. The molecule has 80 heavy (non-hydrogen) atoms. The monoisotopic (exact) mass is 1050 g/mol. The fourth-order valence-corrected chi connectivity index (χ4v) is 18.8. The molecule has 4 fully saturated rings. The Morgan fingerprint density at radius 3 is 0.675 bits per heavy atom. The van der Waals surface area contributed by atoms with E-state index in [1.165, 1.54) is 90.0 Å². The molecule has 4 aliphatic carbocycles. The van der Waals surface area contributed by atoms with Crippen LogP contribution in [0.4, 0.5) is 45.5 Å². The molecule has 0 spiro atoms. The van der Waals surface area contributed by atoms with Gasteiger partial charge in [0.05, 0.1) is 0 Å². The third kappa shape index (κ3) is 6.05. The highest BCUT2D eigenvalue weighted by atomic mass is 16.1. The Labute approximate surface area is 472 Å². The van der Waals surface area contributed by atoms with Crippen LogP contribution < -0.4 is 19.6 Å². The van der Waals surface area contributed by atoms with Crippen molar-refractivity contribution in [3.05, 3.63) is 239 Å². The maximum Gasteiger partial charge on any atom is 0.143 e. The molecule has 16 rings (SSSR count). The molecule has 10 atom stereocenters. The summed E-state index contributed by atoms with van der Waals surface area (Å²) in [5.41, 5.74) is 19.9. The summed E-state index contributed by atoms with van der Waals surface area (Å²) in [6.45, 7) is 19.0. The zero-order valence-electron chi connectivity index (χ0n) is 47.4. The van der Waals surface area contributed by atoms with Gasteiger partial charge in [-0.15, -0.1) is 0 Å². The van der Waals surface area contributed by atoms with Crippen LogP contribution in [0.3, 0.4) is 0 Å². The summed E-state index contributed by atoms with van der Waals surface area (Å²) in [6.07, 6.45) is 1.42. The van der Waals surface area contributed by atoms with Crippen molar-refractivity contribution < 1.29 is 4.79 Å². The Morgan fingerprint density at radius 1 is 0.300 bits per heavy atom. The number of para-hydroxylation sites is 8. The molecule has 0 saturated heterocycles. The van der Waals surface area contributed by atoms with E-state index in [1.54, 1.807) is 0 Å². The van der Waals surface area contributed by atoms with Crippen LogP contribution in [0, 0.1) is 40.9 Å². The topological polar surface area (TPSA) is 53.9 Å².